The molecule has 4 rings (SSSR count). The maximum Gasteiger partial charge on any atom is 0.257 e. The number of carbonyl (C=O) groups excluding carboxylic acids is 2. The fraction of sp³-hybridized carbons (Fsp3) is 0.333. The Labute approximate surface area is 193 Å². The number of primary amides is 1. The number of halogens is 1. The zero-order valence-electron chi connectivity index (χ0n) is 18.3. The molecule has 1 aliphatic heterocycles. The summed E-state index contributed by atoms with van der Waals surface area (Å²) in [5, 5.41) is 4.03. The highest BCUT2D eigenvalue weighted by molar-refractivity contribution is 6.09. The molecule has 32 heavy (non-hydrogen) atoms. The summed E-state index contributed by atoms with van der Waals surface area (Å²) in [5.74, 6) is -0.592. The zero-order valence-corrected chi connectivity index (χ0v) is 19.1. The second-order valence-corrected chi connectivity index (χ2v) is 7.96. The summed E-state index contributed by atoms with van der Waals surface area (Å²) < 4.78 is 0. The van der Waals surface area contributed by atoms with Crippen LogP contribution in [0.1, 0.15) is 59.0 Å². The van der Waals surface area contributed by atoms with Gasteiger partial charge >= 0.3 is 0 Å². The first-order valence-corrected chi connectivity index (χ1v) is 10.7. The van der Waals surface area contributed by atoms with Crippen LogP contribution in [0, 0.1) is 6.92 Å². The third-order valence-electron chi connectivity index (χ3n) is 5.91. The fourth-order valence-electron chi connectivity index (χ4n) is 4.26. The molecule has 0 spiro atoms. The minimum atomic E-state index is -0.537. The highest BCUT2D eigenvalue weighted by atomic mass is 35.5. The van der Waals surface area contributed by atoms with Crippen LogP contribution in [0.25, 0.3) is 11.0 Å². The Kier molecular flexibility index (Phi) is 7.30. The average molecular weight is 454 g/mol. The number of fused-ring (bicyclic) bond motifs is 1. The first kappa shape index (κ1) is 23.5. The standard InChI is InChI=1S/C24H27N5O2.ClH/c1-3-16-8-6-7-13-29(16)24(31)19-14-26-23-18(12-11-15(2)27-23)21(19)28-20-10-5-4-9-17(20)22(25)30;/h4-5,9-12,14,16H,3,6-8,13H2,1-2H3,(H2,25,30)(H,26,27,28);1H. The summed E-state index contributed by atoms with van der Waals surface area (Å²) in [6, 6.07) is 11.0. The number of carbonyl (C=O) groups is 2. The Balaban J connectivity index is 0.00000289. The number of piperidine rings is 1. The summed E-state index contributed by atoms with van der Waals surface area (Å²) in [4.78, 5) is 36.5. The van der Waals surface area contributed by atoms with Gasteiger partial charge in [-0.3, -0.25) is 9.59 Å². The van der Waals surface area contributed by atoms with Crippen molar-refractivity contribution >= 4 is 46.6 Å². The van der Waals surface area contributed by atoms with E-state index in [4.69, 9.17) is 5.73 Å². The molecule has 1 saturated heterocycles. The second-order valence-electron chi connectivity index (χ2n) is 7.96. The van der Waals surface area contributed by atoms with Crippen molar-refractivity contribution in [2.24, 2.45) is 5.73 Å². The number of nitrogens with zero attached hydrogens (tertiary/aromatic N) is 3. The van der Waals surface area contributed by atoms with E-state index in [1.807, 2.05) is 30.0 Å². The minimum absolute atomic E-state index is 0. The van der Waals surface area contributed by atoms with E-state index in [9.17, 15) is 9.59 Å². The van der Waals surface area contributed by atoms with Crippen LogP contribution in [0.3, 0.4) is 0 Å². The molecule has 1 atom stereocenters. The van der Waals surface area contributed by atoms with E-state index in [1.54, 1.807) is 24.4 Å². The smallest absolute Gasteiger partial charge is 0.257 e. The van der Waals surface area contributed by atoms with Crippen molar-refractivity contribution < 1.29 is 9.59 Å². The van der Waals surface area contributed by atoms with Gasteiger partial charge in [0.1, 0.15) is 0 Å². The first-order chi connectivity index (χ1) is 15.0. The van der Waals surface area contributed by atoms with Gasteiger partial charge in [0.25, 0.3) is 11.8 Å². The maximum atomic E-state index is 13.6. The van der Waals surface area contributed by atoms with Gasteiger partial charge in [0.05, 0.1) is 22.5 Å². The van der Waals surface area contributed by atoms with E-state index in [0.717, 1.165) is 43.3 Å². The van der Waals surface area contributed by atoms with Gasteiger partial charge in [-0.1, -0.05) is 19.1 Å². The highest BCUT2D eigenvalue weighted by Gasteiger charge is 2.29. The van der Waals surface area contributed by atoms with Gasteiger partial charge in [0, 0.05) is 29.9 Å². The molecule has 168 valence electrons. The Morgan fingerprint density at radius 3 is 2.69 bits per heavy atom. The van der Waals surface area contributed by atoms with Crippen LogP contribution in [0.4, 0.5) is 11.4 Å². The van der Waals surface area contributed by atoms with Crippen LogP contribution in [-0.2, 0) is 0 Å². The molecule has 0 bridgehead atoms. The normalized spacial score (nSPS) is 15.8. The lowest BCUT2D eigenvalue weighted by molar-refractivity contribution is 0.0608. The van der Waals surface area contributed by atoms with Crippen molar-refractivity contribution in [3.05, 3.63) is 59.4 Å². The Hall–Kier alpha value is -3.19. The molecule has 2 amide bonds. The van der Waals surface area contributed by atoms with Gasteiger partial charge in [-0.2, -0.15) is 0 Å². The van der Waals surface area contributed by atoms with Gasteiger partial charge in [0.2, 0.25) is 0 Å². The van der Waals surface area contributed by atoms with Gasteiger partial charge in [-0.05, 0) is 56.9 Å². The molecule has 3 heterocycles. The number of amides is 2. The average Bonchev–Trinajstić information content (AvgIpc) is 2.78. The van der Waals surface area contributed by atoms with Crippen LogP contribution in [0.2, 0.25) is 0 Å². The number of hydrogen-bond donors (Lipinski definition) is 2. The van der Waals surface area contributed by atoms with Gasteiger partial charge in [-0.15, -0.1) is 12.4 Å². The first-order valence-electron chi connectivity index (χ1n) is 10.7. The zero-order chi connectivity index (χ0) is 22.0. The summed E-state index contributed by atoms with van der Waals surface area (Å²) in [6.07, 6.45) is 5.65. The molecule has 0 saturated carbocycles. The number of benzene rings is 1. The topological polar surface area (TPSA) is 101 Å². The lowest BCUT2D eigenvalue weighted by atomic mass is 9.98. The highest BCUT2D eigenvalue weighted by Crippen LogP contribution is 2.32. The van der Waals surface area contributed by atoms with E-state index in [0.29, 0.717) is 28.1 Å². The number of nitrogens with one attached hydrogen (secondary N) is 1. The van der Waals surface area contributed by atoms with Crippen molar-refractivity contribution in [2.75, 3.05) is 11.9 Å². The van der Waals surface area contributed by atoms with Crippen molar-refractivity contribution in [1.82, 2.24) is 14.9 Å². The molecule has 7 nitrogen and oxygen atoms in total. The number of likely N-dealkylation sites (tertiary alicyclic amines) is 1. The predicted molar refractivity (Wildman–Crippen MR) is 129 cm³/mol. The second kappa shape index (κ2) is 9.96. The molecule has 2 aromatic heterocycles. The predicted octanol–water partition coefficient (Wildman–Crippen LogP) is 4.61. The molecule has 1 fully saturated rings. The molecule has 3 N–H and O–H groups in total. The van der Waals surface area contributed by atoms with Crippen LogP contribution in [0.5, 0.6) is 0 Å². The number of aromatic nitrogens is 2. The number of aryl methyl sites for hydroxylation is 1. The van der Waals surface area contributed by atoms with Gasteiger partial charge in [0.15, 0.2) is 5.65 Å². The molecular formula is C24H28ClN5O2. The van der Waals surface area contributed by atoms with Crippen molar-refractivity contribution in [3.63, 3.8) is 0 Å². The number of anilines is 2. The molecule has 8 heteroatoms. The molecular weight excluding hydrogens is 426 g/mol. The van der Waals surface area contributed by atoms with E-state index < -0.39 is 5.91 Å². The molecule has 3 aromatic rings. The number of nitrogens with two attached hydrogens (primary N) is 1. The van der Waals surface area contributed by atoms with E-state index >= 15 is 0 Å². The van der Waals surface area contributed by atoms with Crippen molar-refractivity contribution in [2.45, 2.75) is 45.6 Å². The molecule has 1 unspecified atom stereocenters. The Morgan fingerprint density at radius 1 is 1.16 bits per heavy atom. The quantitative estimate of drug-likeness (QED) is 0.587. The van der Waals surface area contributed by atoms with Crippen LogP contribution >= 0.6 is 12.4 Å². The molecule has 1 aliphatic rings. The van der Waals surface area contributed by atoms with Gasteiger partial charge in [-0.25, -0.2) is 9.97 Å². The van der Waals surface area contributed by atoms with Crippen molar-refractivity contribution in [3.8, 4) is 0 Å². The SMILES string of the molecule is CCC1CCCCN1C(=O)c1cnc2nc(C)ccc2c1Nc1ccccc1C(N)=O.Cl. The lowest BCUT2D eigenvalue weighted by Crippen LogP contribution is -2.43. The Morgan fingerprint density at radius 2 is 1.94 bits per heavy atom. The third kappa shape index (κ3) is 4.53. The van der Waals surface area contributed by atoms with Crippen LogP contribution in [0.15, 0.2) is 42.6 Å². The van der Waals surface area contributed by atoms with Crippen LogP contribution < -0.4 is 11.1 Å². The fourth-order valence-corrected chi connectivity index (χ4v) is 4.26. The molecule has 0 aliphatic carbocycles. The molecule has 0 radical (unpaired) electrons. The van der Waals surface area contributed by atoms with E-state index in [2.05, 4.69) is 22.2 Å². The number of rotatable bonds is 5. The van der Waals surface area contributed by atoms with Crippen LogP contribution in [-0.4, -0.2) is 39.3 Å². The Bertz CT molecular complexity index is 1150. The summed E-state index contributed by atoms with van der Waals surface area (Å²) in [7, 11) is 0. The lowest BCUT2D eigenvalue weighted by Gasteiger charge is -2.35. The maximum absolute atomic E-state index is 13.6. The summed E-state index contributed by atoms with van der Waals surface area (Å²) in [6.45, 7) is 4.75. The summed E-state index contributed by atoms with van der Waals surface area (Å²) in [5.41, 5.74) is 8.92. The van der Waals surface area contributed by atoms with E-state index in [-0.39, 0.29) is 24.4 Å². The third-order valence-corrected chi connectivity index (χ3v) is 5.91. The monoisotopic (exact) mass is 453 g/mol. The van der Waals surface area contributed by atoms with E-state index in [1.165, 1.54) is 0 Å². The van der Waals surface area contributed by atoms with Crippen molar-refractivity contribution in [1.29, 1.82) is 0 Å². The van der Waals surface area contributed by atoms with Gasteiger partial charge < -0.3 is 16.0 Å². The minimum Gasteiger partial charge on any atom is -0.366 e. The number of para-hydroxylation sites is 1. The molecule has 1 aromatic carbocycles. The summed E-state index contributed by atoms with van der Waals surface area (Å²) >= 11 is 0. The number of hydrogen-bond acceptors (Lipinski definition) is 5. The number of pyridine rings is 2. The largest absolute Gasteiger partial charge is 0.366 e.